The van der Waals surface area contributed by atoms with Crippen molar-refractivity contribution >= 4 is 35.1 Å². The van der Waals surface area contributed by atoms with Crippen LogP contribution in [0.2, 0.25) is 10.0 Å². The molecular weight excluding hydrogens is 329 g/mol. The second kappa shape index (κ2) is 8.98. The quantitative estimate of drug-likeness (QED) is 0.562. The van der Waals surface area contributed by atoms with E-state index in [2.05, 4.69) is 0 Å². The highest BCUT2D eigenvalue weighted by atomic mass is 35.5. The van der Waals surface area contributed by atoms with E-state index in [-0.39, 0.29) is 25.5 Å². The standard InChI is InChI=1S/C15H19Cl2NO4/c1-4-22-15(20)9-18(10(2)21-3)14(19)8-11-12(16)6-5-7-13(11)17/h5-7,10H,4,8-9H2,1-3H3. The van der Waals surface area contributed by atoms with E-state index in [4.69, 9.17) is 32.7 Å². The largest absolute Gasteiger partial charge is 0.465 e. The third kappa shape index (κ3) is 5.16. The van der Waals surface area contributed by atoms with Gasteiger partial charge in [-0.25, -0.2) is 0 Å². The van der Waals surface area contributed by atoms with Crippen LogP contribution in [0.15, 0.2) is 18.2 Å². The van der Waals surface area contributed by atoms with E-state index >= 15 is 0 Å². The van der Waals surface area contributed by atoms with Crippen LogP contribution in [0.25, 0.3) is 0 Å². The second-order valence-electron chi connectivity index (χ2n) is 4.54. The van der Waals surface area contributed by atoms with Gasteiger partial charge in [-0.15, -0.1) is 0 Å². The molecule has 7 heteroatoms. The second-order valence-corrected chi connectivity index (χ2v) is 5.35. The Morgan fingerprint density at radius 1 is 1.27 bits per heavy atom. The van der Waals surface area contributed by atoms with Crippen molar-refractivity contribution in [2.45, 2.75) is 26.5 Å². The zero-order valence-corrected chi connectivity index (χ0v) is 14.3. The lowest BCUT2D eigenvalue weighted by molar-refractivity contribution is -0.156. The average Bonchev–Trinajstić information content (AvgIpc) is 2.48. The number of nitrogens with zero attached hydrogens (tertiary/aromatic N) is 1. The highest BCUT2D eigenvalue weighted by Gasteiger charge is 2.24. The minimum Gasteiger partial charge on any atom is -0.465 e. The molecule has 0 saturated carbocycles. The third-order valence-electron chi connectivity index (χ3n) is 3.09. The van der Waals surface area contributed by atoms with Crippen LogP contribution in [0.5, 0.6) is 0 Å². The fourth-order valence-corrected chi connectivity index (χ4v) is 2.38. The van der Waals surface area contributed by atoms with Gasteiger partial charge in [-0.3, -0.25) is 9.59 Å². The van der Waals surface area contributed by atoms with Crippen molar-refractivity contribution in [3.63, 3.8) is 0 Å². The summed E-state index contributed by atoms with van der Waals surface area (Å²) < 4.78 is 10.0. The summed E-state index contributed by atoms with van der Waals surface area (Å²) in [6.07, 6.45) is -0.593. The normalized spacial score (nSPS) is 11.9. The van der Waals surface area contributed by atoms with Crippen molar-refractivity contribution in [3.8, 4) is 0 Å². The number of benzene rings is 1. The molecule has 0 aromatic heterocycles. The van der Waals surface area contributed by atoms with Crippen molar-refractivity contribution in [1.29, 1.82) is 0 Å². The molecule has 1 aromatic carbocycles. The molecule has 0 saturated heterocycles. The van der Waals surface area contributed by atoms with E-state index in [1.54, 1.807) is 32.0 Å². The molecule has 0 aliphatic rings. The van der Waals surface area contributed by atoms with Crippen LogP contribution < -0.4 is 0 Å². The highest BCUT2D eigenvalue weighted by molar-refractivity contribution is 6.36. The van der Waals surface area contributed by atoms with Crippen LogP contribution in [-0.4, -0.2) is 43.3 Å². The van der Waals surface area contributed by atoms with Gasteiger partial charge in [0.05, 0.1) is 13.0 Å². The first-order chi connectivity index (χ1) is 10.4. The zero-order chi connectivity index (χ0) is 16.7. The fourth-order valence-electron chi connectivity index (χ4n) is 1.85. The molecule has 0 fully saturated rings. The van der Waals surface area contributed by atoms with Crippen LogP contribution in [0.3, 0.4) is 0 Å². The molecule has 5 nitrogen and oxygen atoms in total. The molecule has 0 aliphatic carbocycles. The van der Waals surface area contributed by atoms with Gasteiger partial charge in [0, 0.05) is 17.2 Å². The van der Waals surface area contributed by atoms with Gasteiger partial charge >= 0.3 is 5.97 Å². The number of amides is 1. The fraction of sp³-hybridized carbons (Fsp3) is 0.467. The molecule has 0 radical (unpaired) electrons. The molecule has 1 unspecified atom stereocenters. The first-order valence-electron chi connectivity index (χ1n) is 6.81. The maximum absolute atomic E-state index is 12.5. The van der Waals surface area contributed by atoms with Gasteiger partial charge in [0.2, 0.25) is 5.91 Å². The Hall–Kier alpha value is -1.30. The Labute approximate surface area is 140 Å². The zero-order valence-electron chi connectivity index (χ0n) is 12.8. The van der Waals surface area contributed by atoms with Gasteiger partial charge in [-0.05, 0) is 31.5 Å². The monoisotopic (exact) mass is 347 g/mol. The number of hydrogen-bond acceptors (Lipinski definition) is 4. The smallest absolute Gasteiger partial charge is 0.325 e. The topological polar surface area (TPSA) is 55.8 Å². The Bertz CT molecular complexity index is 516. The lowest BCUT2D eigenvalue weighted by Gasteiger charge is -2.27. The summed E-state index contributed by atoms with van der Waals surface area (Å²) in [6, 6.07) is 5.02. The molecule has 1 amide bonds. The number of carbonyl (C=O) groups is 2. The maximum atomic E-state index is 12.5. The molecule has 1 rings (SSSR count). The summed E-state index contributed by atoms with van der Waals surface area (Å²) >= 11 is 12.1. The van der Waals surface area contributed by atoms with E-state index in [1.165, 1.54) is 12.0 Å². The summed E-state index contributed by atoms with van der Waals surface area (Å²) in [5.41, 5.74) is 0.521. The van der Waals surface area contributed by atoms with E-state index in [0.29, 0.717) is 15.6 Å². The van der Waals surface area contributed by atoms with Gasteiger partial charge in [-0.1, -0.05) is 29.3 Å². The van der Waals surface area contributed by atoms with Crippen LogP contribution in [0, 0.1) is 0 Å². The third-order valence-corrected chi connectivity index (χ3v) is 3.80. The van der Waals surface area contributed by atoms with Crippen LogP contribution in [0.1, 0.15) is 19.4 Å². The molecule has 122 valence electrons. The van der Waals surface area contributed by atoms with Crippen LogP contribution >= 0.6 is 23.2 Å². The minimum atomic E-state index is -0.571. The first-order valence-corrected chi connectivity index (χ1v) is 7.57. The van der Waals surface area contributed by atoms with Crippen molar-refractivity contribution in [1.82, 2.24) is 4.90 Å². The number of ether oxygens (including phenoxy) is 2. The van der Waals surface area contributed by atoms with Crippen LogP contribution in [-0.2, 0) is 25.5 Å². The van der Waals surface area contributed by atoms with Gasteiger partial charge in [0.1, 0.15) is 12.8 Å². The molecule has 0 N–H and O–H groups in total. The van der Waals surface area contributed by atoms with Gasteiger partial charge in [0.25, 0.3) is 0 Å². The Morgan fingerprint density at radius 2 is 1.86 bits per heavy atom. The van der Waals surface area contributed by atoms with E-state index in [0.717, 1.165) is 0 Å². The molecule has 0 bridgehead atoms. The predicted octanol–water partition coefficient (Wildman–Crippen LogP) is 2.92. The predicted molar refractivity (Wildman–Crippen MR) is 85.0 cm³/mol. The van der Waals surface area contributed by atoms with Gasteiger partial charge < -0.3 is 14.4 Å². The molecule has 1 aromatic rings. The summed E-state index contributed by atoms with van der Waals surface area (Å²) in [6.45, 7) is 3.43. The molecule has 0 spiro atoms. The summed E-state index contributed by atoms with van der Waals surface area (Å²) in [5, 5.41) is 0.809. The minimum absolute atomic E-state index is 0.0222. The van der Waals surface area contributed by atoms with Gasteiger partial charge in [0.15, 0.2) is 0 Å². The Kier molecular flexibility index (Phi) is 7.65. The number of halogens is 2. The molecule has 22 heavy (non-hydrogen) atoms. The highest BCUT2D eigenvalue weighted by Crippen LogP contribution is 2.25. The number of hydrogen-bond donors (Lipinski definition) is 0. The molecular formula is C15H19Cl2NO4. The van der Waals surface area contributed by atoms with Crippen molar-refractivity contribution in [2.75, 3.05) is 20.3 Å². The van der Waals surface area contributed by atoms with E-state index in [9.17, 15) is 9.59 Å². The lowest BCUT2D eigenvalue weighted by Crippen LogP contribution is -2.44. The summed E-state index contributed by atoms with van der Waals surface area (Å²) in [5.74, 6) is -0.817. The van der Waals surface area contributed by atoms with Crippen molar-refractivity contribution in [2.24, 2.45) is 0 Å². The van der Waals surface area contributed by atoms with Crippen molar-refractivity contribution < 1.29 is 19.1 Å². The Balaban J connectivity index is 2.90. The van der Waals surface area contributed by atoms with Gasteiger partial charge in [-0.2, -0.15) is 0 Å². The SMILES string of the molecule is CCOC(=O)CN(C(=O)Cc1c(Cl)cccc1Cl)C(C)OC. The molecule has 0 aliphatic heterocycles. The van der Waals surface area contributed by atoms with Crippen molar-refractivity contribution in [3.05, 3.63) is 33.8 Å². The molecule has 1 atom stereocenters. The molecule has 0 heterocycles. The summed E-state index contributed by atoms with van der Waals surface area (Å²) in [4.78, 5) is 25.4. The number of carbonyl (C=O) groups excluding carboxylic acids is 2. The number of esters is 1. The first kappa shape index (κ1) is 18.7. The van der Waals surface area contributed by atoms with Crippen LogP contribution in [0.4, 0.5) is 0 Å². The summed E-state index contributed by atoms with van der Waals surface area (Å²) in [7, 11) is 1.46. The van der Waals surface area contributed by atoms with E-state index < -0.39 is 12.2 Å². The number of methoxy groups -OCH3 is 1. The Morgan fingerprint density at radius 3 is 2.36 bits per heavy atom. The van der Waals surface area contributed by atoms with E-state index in [1.807, 2.05) is 0 Å². The average molecular weight is 348 g/mol. The number of rotatable bonds is 7. The lowest BCUT2D eigenvalue weighted by atomic mass is 10.1. The maximum Gasteiger partial charge on any atom is 0.325 e.